The molecule has 0 spiro atoms. The summed E-state index contributed by atoms with van der Waals surface area (Å²) in [5, 5.41) is 11.4. The van der Waals surface area contributed by atoms with Gasteiger partial charge in [0.1, 0.15) is 0 Å². The lowest BCUT2D eigenvalue weighted by molar-refractivity contribution is -0.385. The van der Waals surface area contributed by atoms with Crippen LogP contribution < -0.4 is 0 Å². The van der Waals surface area contributed by atoms with Crippen molar-refractivity contribution in [1.29, 1.82) is 0 Å². The molecule has 0 heterocycles. The van der Waals surface area contributed by atoms with Crippen molar-refractivity contribution in [3.8, 4) is 11.8 Å². The Bertz CT molecular complexity index is 557. The van der Waals surface area contributed by atoms with Crippen LogP contribution in [0.2, 0.25) is 0 Å². The number of hydrogen-bond donors (Lipinski definition) is 0. The van der Waals surface area contributed by atoms with Gasteiger partial charge in [-0.1, -0.05) is 27.8 Å². The molecule has 0 aliphatic rings. The van der Waals surface area contributed by atoms with Crippen molar-refractivity contribution in [2.45, 2.75) is 6.92 Å². The molecule has 0 saturated heterocycles. The van der Waals surface area contributed by atoms with E-state index in [9.17, 15) is 14.9 Å². The molecule has 0 saturated carbocycles. The van der Waals surface area contributed by atoms with Crippen LogP contribution in [-0.2, 0) is 4.74 Å². The number of carbonyl (C=O) groups excluding carboxylic acids is 1. The molecule has 0 bridgehead atoms. The highest BCUT2D eigenvalue weighted by atomic mass is 79.9. The summed E-state index contributed by atoms with van der Waals surface area (Å²) in [6.45, 7) is 1.51. The number of rotatable bonds is 2. The number of halogens is 1. The highest BCUT2D eigenvalue weighted by Crippen LogP contribution is 2.24. The summed E-state index contributed by atoms with van der Waals surface area (Å²) in [4.78, 5) is 21.9. The van der Waals surface area contributed by atoms with Crippen molar-refractivity contribution >= 4 is 27.6 Å². The average Bonchev–Trinajstić information content (AvgIpc) is 2.36. The van der Waals surface area contributed by atoms with Crippen LogP contribution in [0.3, 0.4) is 0 Å². The Balaban J connectivity index is 3.46. The van der Waals surface area contributed by atoms with Crippen molar-refractivity contribution in [3.05, 3.63) is 38.9 Å². The Labute approximate surface area is 112 Å². The van der Waals surface area contributed by atoms with Crippen LogP contribution in [0, 0.1) is 28.9 Å². The summed E-state index contributed by atoms with van der Waals surface area (Å²) in [6, 6.07) is 2.83. The fourth-order valence-corrected chi connectivity index (χ4v) is 1.56. The minimum atomic E-state index is -0.613. The maximum Gasteiger partial charge on any atom is 0.338 e. The number of ether oxygens (including phenoxy) is 1. The maximum absolute atomic E-state index is 11.5. The summed E-state index contributed by atoms with van der Waals surface area (Å²) < 4.78 is 4.59. The zero-order chi connectivity index (χ0) is 13.7. The lowest BCUT2D eigenvalue weighted by Gasteiger charge is -2.05. The predicted molar refractivity (Wildman–Crippen MR) is 69.8 cm³/mol. The second kappa shape index (κ2) is 6.17. The molecule has 0 radical (unpaired) electrons. The molecule has 1 aromatic rings. The highest BCUT2D eigenvalue weighted by molar-refractivity contribution is 9.09. The first-order valence-electron chi connectivity index (χ1n) is 4.93. The number of nitro groups is 1. The van der Waals surface area contributed by atoms with Gasteiger partial charge in [-0.15, -0.1) is 0 Å². The van der Waals surface area contributed by atoms with Gasteiger partial charge in [0.15, 0.2) is 0 Å². The first-order chi connectivity index (χ1) is 8.51. The van der Waals surface area contributed by atoms with E-state index in [0.29, 0.717) is 10.9 Å². The van der Waals surface area contributed by atoms with E-state index >= 15 is 0 Å². The molecule has 0 atom stereocenters. The Morgan fingerprint density at radius 1 is 1.56 bits per heavy atom. The van der Waals surface area contributed by atoms with Crippen molar-refractivity contribution in [3.63, 3.8) is 0 Å². The van der Waals surface area contributed by atoms with Crippen molar-refractivity contribution in [1.82, 2.24) is 0 Å². The number of esters is 1. The summed E-state index contributed by atoms with van der Waals surface area (Å²) in [5.41, 5.74) is 0.700. The molecule has 18 heavy (non-hydrogen) atoms. The first kappa shape index (κ1) is 14.2. The Morgan fingerprint density at radius 3 is 2.72 bits per heavy atom. The van der Waals surface area contributed by atoms with Crippen molar-refractivity contribution in [2.75, 3.05) is 12.4 Å². The summed E-state index contributed by atoms with van der Waals surface area (Å²) in [7, 11) is 1.23. The fraction of sp³-hybridized carbons (Fsp3) is 0.250. The number of nitrogens with zero attached hydrogens (tertiary/aromatic N) is 1. The predicted octanol–water partition coefficient (Wildman–Crippen LogP) is 2.44. The quantitative estimate of drug-likeness (QED) is 0.276. The molecule has 1 aromatic carbocycles. The van der Waals surface area contributed by atoms with Gasteiger partial charge >= 0.3 is 5.97 Å². The Hall–Kier alpha value is -1.87. The third kappa shape index (κ3) is 3.08. The minimum absolute atomic E-state index is 0.142. The fourth-order valence-electron chi connectivity index (χ4n) is 1.42. The number of carbonyl (C=O) groups is 1. The normalized spacial score (nSPS) is 9.28. The van der Waals surface area contributed by atoms with Gasteiger partial charge in [-0.25, -0.2) is 4.79 Å². The van der Waals surface area contributed by atoms with Gasteiger partial charge in [0.25, 0.3) is 5.69 Å². The van der Waals surface area contributed by atoms with E-state index in [1.807, 2.05) is 0 Å². The smallest absolute Gasteiger partial charge is 0.338 e. The second-order valence-electron chi connectivity index (χ2n) is 3.35. The molecule has 94 valence electrons. The number of hydrogen-bond acceptors (Lipinski definition) is 4. The molecule has 0 aromatic heterocycles. The third-order valence-electron chi connectivity index (χ3n) is 2.28. The average molecular weight is 312 g/mol. The first-order valence-corrected chi connectivity index (χ1v) is 6.05. The van der Waals surface area contributed by atoms with Crippen LogP contribution in [0.5, 0.6) is 0 Å². The lowest BCUT2D eigenvalue weighted by atomic mass is 10.0. The van der Waals surface area contributed by atoms with E-state index in [2.05, 4.69) is 32.5 Å². The molecular weight excluding hydrogens is 302 g/mol. The van der Waals surface area contributed by atoms with E-state index in [4.69, 9.17) is 0 Å². The van der Waals surface area contributed by atoms with Crippen LogP contribution in [0.4, 0.5) is 5.69 Å². The summed E-state index contributed by atoms with van der Waals surface area (Å²) in [6.07, 6.45) is 0. The summed E-state index contributed by atoms with van der Waals surface area (Å²) in [5.74, 6) is 4.84. The molecule has 6 heteroatoms. The Kier molecular flexibility index (Phi) is 4.86. The molecule has 0 fully saturated rings. The van der Waals surface area contributed by atoms with E-state index in [0.717, 1.165) is 0 Å². The van der Waals surface area contributed by atoms with Gasteiger partial charge < -0.3 is 4.74 Å². The third-order valence-corrected chi connectivity index (χ3v) is 2.56. The minimum Gasteiger partial charge on any atom is -0.465 e. The molecule has 1 rings (SSSR count). The van der Waals surface area contributed by atoms with Crippen LogP contribution >= 0.6 is 15.9 Å². The molecule has 0 amide bonds. The number of alkyl halides is 1. The van der Waals surface area contributed by atoms with Gasteiger partial charge in [-0.3, -0.25) is 10.1 Å². The highest BCUT2D eigenvalue weighted by Gasteiger charge is 2.20. The second-order valence-corrected chi connectivity index (χ2v) is 3.91. The molecule has 5 nitrogen and oxygen atoms in total. The zero-order valence-corrected chi connectivity index (χ0v) is 11.4. The van der Waals surface area contributed by atoms with Gasteiger partial charge in [0.05, 0.1) is 22.9 Å². The zero-order valence-electron chi connectivity index (χ0n) is 9.82. The molecular formula is C12H10BrNO4. The molecule has 0 N–H and O–H groups in total. The van der Waals surface area contributed by atoms with E-state index in [1.54, 1.807) is 0 Å². The number of benzene rings is 1. The van der Waals surface area contributed by atoms with Crippen molar-refractivity contribution in [2.24, 2.45) is 0 Å². The standard InChI is InChI=1S/C12H10BrNO4/c1-8-10(12(15)18-2)6-9(4-3-5-13)7-11(8)14(16)17/h6-7H,5H2,1-2H3. The van der Waals surface area contributed by atoms with Gasteiger partial charge in [-0.05, 0) is 13.0 Å². The Morgan fingerprint density at radius 2 is 2.22 bits per heavy atom. The van der Waals surface area contributed by atoms with E-state index < -0.39 is 10.9 Å². The molecule has 0 aliphatic heterocycles. The summed E-state index contributed by atoms with van der Waals surface area (Å²) >= 11 is 3.13. The van der Waals surface area contributed by atoms with E-state index in [1.165, 1.54) is 26.2 Å². The van der Waals surface area contributed by atoms with Crippen LogP contribution in [0.1, 0.15) is 21.5 Å². The topological polar surface area (TPSA) is 69.4 Å². The van der Waals surface area contributed by atoms with E-state index in [-0.39, 0.29) is 16.8 Å². The lowest BCUT2D eigenvalue weighted by Crippen LogP contribution is -2.06. The molecule has 0 aliphatic carbocycles. The van der Waals surface area contributed by atoms with Crippen LogP contribution in [0.25, 0.3) is 0 Å². The van der Waals surface area contributed by atoms with Gasteiger partial charge in [0.2, 0.25) is 0 Å². The number of methoxy groups -OCH3 is 1. The largest absolute Gasteiger partial charge is 0.465 e. The van der Waals surface area contributed by atoms with Crippen LogP contribution in [0.15, 0.2) is 12.1 Å². The van der Waals surface area contributed by atoms with Gasteiger partial charge in [-0.2, -0.15) is 0 Å². The SMILES string of the molecule is COC(=O)c1cc(C#CCBr)cc([N+](=O)[O-])c1C. The monoisotopic (exact) mass is 311 g/mol. The maximum atomic E-state index is 11.5. The van der Waals surface area contributed by atoms with Crippen molar-refractivity contribution < 1.29 is 14.5 Å². The molecule has 0 unspecified atom stereocenters. The number of nitro benzene ring substituents is 1. The van der Waals surface area contributed by atoms with Crippen LogP contribution in [-0.4, -0.2) is 23.3 Å². The van der Waals surface area contributed by atoms with Gasteiger partial charge in [0, 0.05) is 17.2 Å².